The van der Waals surface area contributed by atoms with Crippen molar-refractivity contribution < 1.29 is 9.59 Å². The number of rotatable bonds is 2. The van der Waals surface area contributed by atoms with E-state index in [0.717, 1.165) is 34.9 Å². The zero-order valence-corrected chi connectivity index (χ0v) is 15.9. The van der Waals surface area contributed by atoms with Gasteiger partial charge in [0.2, 0.25) is 5.91 Å². The number of carbonyl (C=O) groups excluding carboxylic acids is 2. The molecule has 1 aliphatic heterocycles. The van der Waals surface area contributed by atoms with Crippen LogP contribution in [0.25, 0.3) is 10.9 Å². The summed E-state index contributed by atoms with van der Waals surface area (Å²) in [5.74, 6) is 0.0347. The molecule has 0 radical (unpaired) electrons. The van der Waals surface area contributed by atoms with Gasteiger partial charge in [-0.3, -0.25) is 9.59 Å². The first kappa shape index (κ1) is 17.1. The van der Waals surface area contributed by atoms with Crippen LogP contribution >= 0.6 is 0 Å². The molecule has 4 rings (SSSR count). The number of aromatic amines is 1. The Kier molecular flexibility index (Phi) is 4.25. The molecule has 0 unspecified atom stereocenters. The van der Waals surface area contributed by atoms with Gasteiger partial charge in [0.05, 0.1) is 0 Å². The first-order valence-corrected chi connectivity index (χ1v) is 9.64. The van der Waals surface area contributed by atoms with E-state index in [4.69, 9.17) is 0 Å². The molecule has 0 spiro atoms. The molecule has 2 aliphatic rings. The Hall–Kier alpha value is -2.30. The lowest BCUT2D eigenvalue weighted by Gasteiger charge is -2.37. The lowest BCUT2D eigenvalue weighted by atomic mass is 10.1. The summed E-state index contributed by atoms with van der Waals surface area (Å²) in [7, 11) is 0. The molecule has 5 nitrogen and oxygen atoms in total. The van der Waals surface area contributed by atoms with Crippen LogP contribution in [0.15, 0.2) is 12.1 Å². The van der Waals surface area contributed by atoms with Gasteiger partial charge in [-0.15, -0.1) is 0 Å². The Balaban J connectivity index is 1.57. The highest BCUT2D eigenvalue weighted by Crippen LogP contribution is 2.28. The standard InChI is InChI=1S/C21H27N3O2/c1-13-10-14(2)19-17(11-13)15(3)20(22-19)21(26)23-8-9-24(18(25)12-23)16-6-4-5-7-16/h10-11,16,22H,4-9,12H2,1-3H3. The molecule has 2 aromatic rings. The van der Waals surface area contributed by atoms with E-state index in [-0.39, 0.29) is 18.4 Å². The summed E-state index contributed by atoms with van der Waals surface area (Å²) in [4.78, 5) is 32.7. The van der Waals surface area contributed by atoms with Crippen molar-refractivity contribution >= 4 is 22.7 Å². The molecule has 1 saturated carbocycles. The van der Waals surface area contributed by atoms with E-state index in [1.165, 1.54) is 18.4 Å². The summed E-state index contributed by atoms with van der Waals surface area (Å²) in [6.45, 7) is 7.59. The second kappa shape index (κ2) is 6.45. The maximum Gasteiger partial charge on any atom is 0.271 e. The first-order chi connectivity index (χ1) is 12.5. The van der Waals surface area contributed by atoms with Crippen LogP contribution in [0.4, 0.5) is 0 Å². The zero-order chi connectivity index (χ0) is 18.4. The van der Waals surface area contributed by atoms with E-state index < -0.39 is 0 Å². The van der Waals surface area contributed by atoms with Gasteiger partial charge in [0, 0.05) is 30.0 Å². The quantitative estimate of drug-likeness (QED) is 0.900. The van der Waals surface area contributed by atoms with Crippen LogP contribution in [0.3, 0.4) is 0 Å². The van der Waals surface area contributed by atoms with Crippen LogP contribution in [0.5, 0.6) is 0 Å². The number of carbonyl (C=O) groups is 2. The minimum absolute atomic E-state index is 0.0600. The summed E-state index contributed by atoms with van der Waals surface area (Å²) in [6, 6.07) is 4.63. The lowest BCUT2D eigenvalue weighted by Crippen LogP contribution is -2.55. The number of hydrogen-bond acceptors (Lipinski definition) is 2. The number of fused-ring (bicyclic) bond motifs is 1. The molecular weight excluding hydrogens is 326 g/mol. The average Bonchev–Trinajstić information content (AvgIpc) is 3.23. The van der Waals surface area contributed by atoms with Gasteiger partial charge in [-0.25, -0.2) is 0 Å². The lowest BCUT2D eigenvalue weighted by molar-refractivity contribution is -0.137. The van der Waals surface area contributed by atoms with Crippen molar-refractivity contribution in [3.8, 4) is 0 Å². The van der Waals surface area contributed by atoms with Crippen LogP contribution in [-0.2, 0) is 4.79 Å². The predicted molar refractivity (Wildman–Crippen MR) is 102 cm³/mol. The monoisotopic (exact) mass is 353 g/mol. The molecule has 0 atom stereocenters. The number of benzene rings is 1. The number of piperazine rings is 1. The summed E-state index contributed by atoms with van der Waals surface area (Å²) in [5.41, 5.74) is 4.95. The molecule has 2 amide bonds. The summed E-state index contributed by atoms with van der Waals surface area (Å²) >= 11 is 0. The van der Waals surface area contributed by atoms with Crippen molar-refractivity contribution in [2.45, 2.75) is 52.5 Å². The number of aromatic nitrogens is 1. The third kappa shape index (κ3) is 2.79. The van der Waals surface area contributed by atoms with Crippen LogP contribution in [0, 0.1) is 20.8 Å². The molecule has 138 valence electrons. The summed E-state index contributed by atoms with van der Waals surface area (Å²) in [5, 5.41) is 1.10. The molecule has 26 heavy (non-hydrogen) atoms. The van der Waals surface area contributed by atoms with Crippen LogP contribution < -0.4 is 0 Å². The summed E-state index contributed by atoms with van der Waals surface area (Å²) < 4.78 is 0. The zero-order valence-electron chi connectivity index (χ0n) is 15.9. The Bertz CT molecular complexity index is 877. The highest BCUT2D eigenvalue weighted by Gasteiger charge is 2.34. The number of nitrogens with one attached hydrogen (secondary N) is 1. The van der Waals surface area contributed by atoms with Crippen molar-refractivity contribution in [2.75, 3.05) is 19.6 Å². The molecule has 5 heteroatoms. The van der Waals surface area contributed by atoms with Gasteiger partial charge >= 0.3 is 0 Å². The number of H-pyrrole nitrogens is 1. The second-order valence-electron chi connectivity index (χ2n) is 7.88. The normalized spacial score (nSPS) is 19.0. The number of hydrogen-bond donors (Lipinski definition) is 1. The SMILES string of the molecule is Cc1cc(C)c2[nH]c(C(=O)N3CCN(C4CCCC4)C(=O)C3)c(C)c2c1. The minimum Gasteiger partial charge on any atom is -0.350 e. The van der Waals surface area contributed by atoms with Gasteiger partial charge in [-0.2, -0.15) is 0 Å². The molecule has 2 fully saturated rings. The van der Waals surface area contributed by atoms with E-state index in [0.29, 0.717) is 24.8 Å². The van der Waals surface area contributed by atoms with Crippen LogP contribution in [0.1, 0.15) is 52.9 Å². The van der Waals surface area contributed by atoms with Gasteiger partial charge < -0.3 is 14.8 Å². The fourth-order valence-corrected chi connectivity index (χ4v) is 4.62. The maximum absolute atomic E-state index is 13.1. The number of aryl methyl sites for hydroxylation is 3. The van der Waals surface area contributed by atoms with Gasteiger partial charge in [0.15, 0.2) is 0 Å². The highest BCUT2D eigenvalue weighted by molar-refractivity contribution is 6.03. The number of amides is 2. The van der Waals surface area contributed by atoms with E-state index in [1.54, 1.807) is 4.90 Å². The minimum atomic E-state index is -0.0600. The Morgan fingerprint density at radius 3 is 2.54 bits per heavy atom. The first-order valence-electron chi connectivity index (χ1n) is 9.64. The predicted octanol–water partition coefficient (Wildman–Crippen LogP) is 3.32. The van der Waals surface area contributed by atoms with Crippen molar-refractivity contribution in [3.63, 3.8) is 0 Å². The average molecular weight is 353 g/mol. The van der Waals surface area contributed by atoms with Crippen molar-refractivity contribution in [1.29, 1.82) is 0 Å². The van der Waals surface area contributed by atoms with E-state index >= 15 is 0 Å². The highest BCUT2D eigenvalue weighted by atomic mass is 16.2. The third-order valence-corrected chi connectivity index (χ3v) is 6.03. The molecule has 1 aromatic heterocycles. The largest absolute Gasteiger partial charge is 0.350 e. The Morgan fingerprint density at radius 1 is 1.12 bits per heavy atom. The van der Waals surface area contributed by atoms with Crippen LogP contribution in [0.2, 0.25) is 0 Å². The molecule has 1 aliphatic carbocycles. The topological polar surface area (TPSA) is 56.4 Å². The number of nitrogens with zero attached hydrogens (tertiary/aromatic N) is 2. The van der Waals surface area contributed by atoms with Gasteiger partial charge in [0.25, 0.3) is 5.91 Å². The van der Waals surface area contributed by atoms with Gasteiger partial charge in [-0.1, -0.05) is 24.5 Å². The van der Waals surface area contributed by atoms with Gasteiger partial charge in [0.1, 0.15) is 12.2 Å². The molecule has 1 N–H and O–H groups in total. The van der Waals surface area contributed by atoms with Crippen molar-refractivity contribution in [1.82, 2.24) is 14.8 Å². The Morgan fingerprint density at radius 2 is 1.85 bits per heavy atom. The van der Waals surface area contributed by atoms with Crippen molar-refractivity contribution in [2.24, 2.45) is 0 Å². The summed E-state index contributed by atoms with van der Waals surface area (Å²) in [6.07, 6.45) is 4.65. The van der Waals surface area contributed by atoms with E-state index in [1.807, 2.05) is 11.8 Å². The second-order valence-corrected chi connectivity index (χ2v) is 7.88. The molecular formula is C21H27N3O2. The molecule has 2 heterocycles. The van der Waals surface area contributed by atoms with Gasteiger partial charge in [-0.05, 0) is 50.8 Å². The van der Waals surface area contributed by atoms with Crippen molar-refractivity contribution in [3.05, 3.63) is 34.5 Å². The third-order valence-electron chi connectivity index (χ3n) is 6.03. The van der Waals surface area contributed by atoms with E-state index in [9.17, 15) is 9.59 Å². The molecule has 1 saturated heterocycles. The van der Waals surface area contributed by atoms with Crippen LogP contribution in [-0.4, -0.2) is 52.3 Å². The molecule has 1 aromatic carbocycles. The fraction of sp³-hybridized carbons (Fsp3) is 0.524. The Labute approximate surface area is 154 Å². The molecule has 0 bridgehead atoms. The van der Waals surface area contributed by atoms with E-state index in [2.05, 4.69) is 31.0 Å². The smallest absolute Gasteiger partial charge is 0.271 e. The fourth-order valence-electron chi connectivity index (χ4n) is 4.62. The maximum atomic E-state index is 13.1.